The van der Waals surface area contributed by atoms with Crippen LogP contribution in [-0.2, 0) is 17.5 Å². The largest absolute Gasteiger partial charge is 0.433 e. The van der Waals surface area contributed by atoms with Gasteiger partial charge in [-0.15, -0.1) is 0 Å². The molecule has 12 heteroatoms. The lowest BCUT2D eigenvalue weighted by molar-refractivity contribution is -0.386. The molecule has 29 heavy (non-hydrogen) atoms. The number of carbonyl (C=O) groups is 1. The first-order valence-corrected chi connectivity index (χ1v) is 9.16. The molecule has 1 fully saturated rings. The molecule has 0 aliphatic carbocycles. The van der Waals surface area contributed by atoms with Crippen LogP contribution in [0.4, 0.5) is 18.9 Å². The molecule has 1 saturated heterocycles. The second kappa shape index (κ2) is 7.84. The van der Waals surface area contributed by atoms with Gasteiger partial charge in [-0.05, 0) is 32.8 Å². The van der Waals surface area contributed by atoms with Crippen LogP contribution in [-0.4, -0.2) is 48.4 Å². The number of nitrogens with zero attached hydrogens (tertiary/aromatic N) is 6. The fraction of sp³-hybridized carbons (Fsp3) is 0.588. The van der Waals surface area contributed by atoms with Crippen molar-refractivity contribution in [3.63, 3.8) is 0 Å². The molecule has 1 aliphatic heterocycles. The van der Waals surface area contributed by atoms with Gasteiger partial charge in [0, 0.05) is 25.7 Å². The van der Waals surface area contributed by atoms with Crippen molar-refractivity contribution in [2.24, 2.45) is 0 Å². The van der Waals surface area contributed by atoms with E-state index in [0.717, 1.165) is 16.9 Å². The zero-order chi connectivity index (χ0) is 21.3. The van der Waals surface area contributed by atoms with Crippen molar-refractivity contribution in [2.75, 3.05) is 13.1 Å². The Morgan fingerprint density at radius 2 is 2.10 bits per heavy atom. The minimum absolute atomic E-state index is 0.0526. The van der Waals surface area contributed by atoms with Gasteiger partial charge in [0.25, 0.3) is 0 Å². The molecule has 0 aromatic carbocycles. The molecule has 9 nitrogen and oxygen atoms in total. The number of alkyl halides is 3. The fourth-order valence-electron chi connectivity index (χ4n) is 3.74. The van der Waals surface area contributed by atoms with Crippen molar-refractivity contribution < 1.29 is 22.9 Å². The van der Waals surface area contributed by atoms with Crippen LogP contribution < -0.4 is 0 Å². The normalized spacial score (nSPS) is 17.6. The molecule has 2 aromatic heterocycles. The number of nitro groups is 1. The molecule has 0 spiro atoms. The highest BCUT2D eigenvalue weighted by Crippen LogP contribution is 2.33. The molecule has 158 valence electrons. The molecule has 1 aliphatic rings. The van der Waals surface area contributed by atoms with Gasteiger partial charge < -0.3 is 4.90 Å². The number of carbonyl (C=O) groups excluding carboxylic acids is 1. The van der Waals surface area contributed by atoms with Crippen molar-refractivity contribution >= 4 is 11.6 Å². The van der Waals surface area contributed by atoms with Crippen LogP contribution >= 0.6 is 0 Å². The highest BCUT2D eigenvalue weighted by Gasteiger charge is 2.37. The minimum Gasteiger partial charge on any atom is -0.340 e. The maximum atomic E-state index is 13.1. The summed E-state index contributed by atoms with van der Waals surface area (Å²) < 4.78 is 41.8. The molecule has 0 radical (unpaired) electrons. The number of hydrogen-bond donors (Lipinski definition) is 0. The van der Waals surface area contributed by atoms with Crippen molar-refractivity contribution in [3.05, 3.63) is 39.5 Å². The standard InChI is InChI=1S/C17H21F3N6O3/c1-11-16(26(28)29)12(2)24(22-11)9-6-15(27)23-8-3-4-13(10-23)25-14(5-7-21-25)17(18,19)20/h5,7,13H,3-4,6,8-10H2,1-2H3. The van der Waals surface area contributed by atoms with E-state index in [-0.39, 0.29) is 36.8 Å². The maximum absolute atomic E-state index is 13.1. The molecule has 3 heterocycles. The first-order valence-electron chi connectivity index (χ1n) is 9.16. The zero-order valence-corrected chi connectivity index (χ0v) is 16.0. The number of rotatable bonds is 5. The van der Waals surface area contributed by atoms with E-state index in [0.29, 0.717) is 25.1 Å². The second-order valence-electron chi connectivity index (χ2n) is 7.04. The highest BCUT2D eigenvalue weighted by atomic mass is 19.4. The molecule has 1 atom stereocenters. The van der Waals surface area contributed by atoms with Crippen LogP contribution in [0.2, 0.25) is 0 Å². The third kappa shape index (κ3) is 4.25. The van der Waals surface area contributed by atoms with Crippen molar-refractivity contribution in [3.8, 4) is 0 Å². The Labute approximate surface area is 164 Å². The Hall–Kier alpha value is -2.92. The highest BCUT2D eigenvalue weighted by molar-refractivity contribution is 5.76. The molecule has 3 rings (SSSR count). The Morgan fingerprint density at radius 3 is 2.72 bits per heavy atom. The predicted octanol–water partition coefficient (Wildman–Crippen LogP) is 2.88. The van der Waals surface area contributed by atoms with Gasteiger partial charge in [0.05, 0.1) is 17.5 Å². The Kier molecular flexibility index (Phi) is 5.62. The van der Waals surface area contributed by atoms with Crippen LogP contribution in [0, 0.1) is 24.0 Å². The SMILES string of the molecule is Cc1nn(CCC(=O)N2CCCC(n3nccc3C(F)(F)F)C2)c(C)c1[N+](=O)[O-]. The van der Waals surface area contributed by atoms with E-state index >= 15 is 0 Å². The second-order valence-corrected chi connectivity index (χ2v) is 7.04. The maximum Gasteiger partial charge on any atom is 0.433 e. The summed E-state index contributed by atoms with van der Waals surface area (Å²) in [6, 6.07) is 0.380. The van der Waals surface area contributed by atoms with E-state index < -0.39 is 22.8 Å². The van der Waals surface area contributed by atoms with E-state index in [4.69, 9.17) is 0 Å². The molecule has 1 amide bonds. The van der Waals surface area contributed by atoms with Gasteiger partial charge in [-0.3, -0.25) is 24.3 Å². The van der Waals surface area contributed by atoms with Crippen LogP contribution in [0.3, 0.4) is 0 Å². The van der Waals surface area contributed by atoms with Crippen LogP contribution in [0.5, 0.6) is 0 Å². The van der Waals surface area contributed by atoms with Gasteiger partial charge in [0.15, 0.2) is 0 Å². The summed E-state index contributed by atoms with van der Waals surface area (Å²) in [5.74, 6) is -0.231. The van der Waals surface area contributed by atoms with Gasteiger partial charge in [0.1, 0.15) is 17.1 Å². The van der Waals surface area contributed by atoms with Crippen LogP contribution in [0.25, 0.3) is 0 Å². The average molecular weight is 414 g/mol. The first-order chi connectivity index (χ1) is 13.6. The Balaban J connectivity index is 1.66. The van der Waals surface area contributed by atoms with E-state index in [9.17, 15) is 28.1 Å². The first kappa shape index (κ1) is 20.8. The van der Waals surface area contributed by atoms with Gasteiger partial charge in [-0.1, -0.05) is 0 Å². The summed E-state index contributed by atoms with van der Waals surface area (Å²) in [4.78, 5) is 24.7. The van der Waals surface area contributed by atoms with Crippen molar-refractivity contribution in [1.29, 1.82) is 0 Å². The van der Waals surface area contributed by atoms with Crippen molar-refractivity contribution in [1.82, 2.24) is 24.5 Å². The minimum atomic E-state index is -4.51. The van der Waals surface area contributed by atoms with Crippen molar-refractivity contribution in [2.45, 2.75) is 51.9 Å². The summed E-state index contributed by atoms with van der Waals surface area (Å²) >= 11 is 0. The van der Waals surface area contributed by atoms with Gasteiger partial charge in [-0.25, -0.2) is 0 Å². The number of piperidine rings is 1. The summed E-state index contributed by atoms with van der Waals surface area (Å²) in [6.07, 6.45) is -2.28. The Morgan fingerprint density at radius 1 is 1.38 bits per heavy atom. The van der Waals surface area contributed by atoms with Gasteiger partial charge in [0.2, 0.25) is 5.91 Å². The molecule has 0 bridgehead atoms. The monoisotopic (exact) mass is 414 g/mol. The number of likely N-dealkylation sites (tertiary alicyclic amines) is 1. The smallest absolute Gasteiger partial charge is 0.340 e. The predicted molar refractivity (Wildman–Crippen MR) is 95.1 cm³/mol. The number of hydrogen-bond acceptors (Lipinski definition) is 5. The molecule has 2 aromatic rings. The molecule has 0 saturated carbocycles. The van der Waals surface area contributed by atoms with E-state index in [1.807, 2.05) is 0 Å². The van der Waals surface area contributed by atoms with Crippen LogP contribution in [0.15, 0.2) is 12.3 Å². The third-order valence-electron chi connectivity index (χ3n) is 5.12. The van der Waals surface area contributed by atoms with Crippen LogP contribution in [0.1, 0.15) is 42.4 Å². The van der Waals surface area contributed by atoms with E-state index in [1.165, 1.54) is 16.5 Å². The topological polar surface area (TPSA) is 99.1 Å². The van der Waals surface area contributed by atoms with Gasteiger partial charge in [-0.2, -0.15) is 23.4 Å². The lowest BCUT2D eigenvalue weighted by Gasteiger charge is -2.33. The zero-order valence-electron chi connectivity index (χ0n) is 16.0. The summed E-state index contributed by atoms with van der Waals surface area (Å²) in [5.41, 5.74) is -0.264. The number of halogens is 3. The molecule has 1 unspecified atom stereocenters. The number of aryl methyl sites for hydroxylation is 2. The van der Waals surface area contributed by atoms with E-state index in [1.54, 1.807) is 6.92 Å². The third-order valence-corrected chi connectivity index (χ3v) is 5.12. The lowest BCUT2D eigenvalue weighted by Crippen LogP contribution is -2.42. The molecular weight excluding hydrogens is 393 g/mol. The molecular formula is C17H21F3N6O3. The van der Waals surface area contributed by atoms with Gasteiger partial charge >= 0.3 is 11.9 Å². The Bertz CT molecular complexity index is 920. The summed E-state index contributed by atoms with van der Waals surface area (Å²) in [7, 11) is 0. The lowest BCUT2D eigenvalue weighted by atomic mass is 10.1. The summed E-state index contributed by atoms with van der Waals surface area (Å²) in [5, 5.41) is 19.0. The quantitative estimate of drug-likeness (QED) is 0.553. The van der Waals surface area contributed by atoms with E-state index in [2.05, 4.69) is 10.2 Å². The fourth-order valence-corrected chi connectivity index (χ4v) is 3.74. The molecule has 0 N–H and O–H groups in total. The average Bonchev–Trinajstić information content (AvgIpc) is 3.24. The summed E-state index contributed by atoms with van der Waals surface area (Å²) in [6.45, 7) is 3.85. The number of aromatic nitrogens is 4. The number of amides is 1.